The van der Waals surface area contributed by atoms with Gasteiger partial charge in [-0.25, -0.2) is 3.89 Å². The van der Waals surface area contributed by atoms with Crippen LogP contribution in [0.1, 0.15) is 39.5 Å². The van der Waals surface area contributed by atoms with Crippen LogP contribution in [0.5, 0.6) is 0 Å². The maximum absolute atomic E-state index is 2.36. The van der Waals surface area contributed by atoms with E-state index in [1.165, 1.54) is 38.8 Å². The molecular formula is C12H22NS+. The zero-order valence-electron chi connectivity index (χ0n) is 9.41. The van der Waals surface area contributed by atoms with Gasteiger partial charge in [-0.05, 0) is 25.0 Å². The van der Waals surface area contributed by atoms with Crippen molar-refractivity contribution in [3.63, 3.8) is 0 Å². The smallest absolute Gasteiger partial charge is 0.109 e. The van der Waals surface area contributed by atoms with Gasteiger partial charge in [-0.3, -0.25) is 0 Å². The first kappa shape index (κ1) is 11.9. The van der Waals surface area contributed by atoms with Gasteiger partial charge in [-0.2, -0.15) is 0 Å². The van der Waals surface area contributed by atoms with E-state index in [4.69, 9.17) is 0 Å². The molecule has 1 rings (SSSR count). The van der Waals surface area contributed by atoms with Crippen molar-refractivity contribution in [3.8, 4) is 0 Å². The molecule has 0 unspecified atom stereocenters. The average Bonchev–Trinajstić information content (AvgIpc) is 2.25. The van der Waals surface area contributed by atoms with Gasteiger partial charge in [0.25, 0.3) is 0 Å². The molecule has 0 aromatic carbocycles. The van der Waals surface area contributed by atoms with Gasteiger partial charge in [0.05, 0.1) is 13.1 Å². The summed E-state index contributed by atoms with van der Waals surface area (Å²) in [4.78, 5) is 0. The predicted molar refractivity (Wildman–Crippen MR) is 65.7 cm³/mol. The summed E-state index contributed by atoms with van der Waals surface area (Å²) in [5.74, 6) is 0. The summed E-state index contributed by atoms with van der Waals surface area (Å²) >= 11 is 1.96. The minimum atomic E-state index is 1.11. The van der Waals surface area contributed by atoms with Crippen LogP contribution in [0.15, 0.2) is 23.8 Å². The minimum absolute atomic E-state index is 1.11. The molecule has 0 aromatic heterocycles. The van der Waals surface area contributed by atoms with Crippen LogP contribution in [-0.4, -0.2) is 17.0 Å². The number of hydrogen-bond acceptors (Lipinski definition) is 1. The zero-order valence-corrected chi connectivity index (χ0v) is 10.2. The Balaban J connectivity index is 2.50. The van der Waals surface area contributed by atoms with Crippen LogP contribution in [-0.2, 0) is 0 Å². The molecule has 0 aromatic rings. The van der Waals surface area contributed by atoms with Crippen LogP contribution in [0, 0.1) is 0 Å². The third kappa shape index (κ3) is 3.50. The Kier molecular flexibility index (Phi) is 5.34. The maximum atomic E-state index is 2.36. The lowest BCUT2D eigenvalue weighted by atomic mass is 10.2. The van der Waals surface area contributed by atoms with Gasteiger partial charge in [-0.1, -0.05) is 26.7 Å². The molecule has 1 nitrogen and oxygen atoms in total. The van der Waals surface area contributed by atoms with Crippen molar-refractivity contribution >= 4 is 11.9 Å². The van der Waals surface area contributed by atoms with Crippen molar-refractivity contribution in [2.75, 3.05) is 13.1 Å². The highest BCUT2D eigenvalue weighted by Crippen LogP contribution is 2.30. The number of unbranched alkanes of at least 4 members (excludes halogenated alkanes) is 2. The molecule has 1 aliphatic heterocycles. The molecule has 14 heavy (non-hydrogen) atoms. The van der Waals surface area contributed by atoms with E-state index >= 15 is 0 Å². The number of rotatable bonds is 6. The molecular weight excluding hydrogens is 190 g/mol. The molecule has 0 atom stereocenters. The molecule has 0 aliphatic carbocycles. The molecule has 0 spiro atoms. The molecule has 80 valence electrons. The van der Waals surface area contributed by atoms with Crippen LogP contribution in [0.3, 0.4) is 0 Å². The van der Waals surface area contributed by atoms with E-state index in [-0.39, 0.29) is 0 Å². The fourth-order valence-corrected chi connectivity index (χ4v) is 2.67. The van der Waals surface area contributed by atoms with Crippen molar-refractivity contribution < 1.29 is 3.89 Å². The standard InChI is InChI=1S/C12H22NS/c1-3-5-9-13(10-6-4-2)11-7-8-12-14-13/h7-8,11-12H,3-6,9-10H2,1-2H3/q+1. The van der Waals surface area contributed by atoms with E-state index in [2.05, 4.69) is 37.6 Å². The highest BCUT2D eigenvalue weighted by atomic mass is 32.2. The minimum Gasteiger partial charge on any atom is -0.232 e. The summed E-state index contributed by atoms with van der Waals surface area (Å²) in [6.07, 6.45) is 11.9. The Bertz CT molecular complexity index is 200. The van der Waals surface area contributed by atoms with Crippen molar-refractivity contribution in [1.82, 2.24) is 0 Å². The molecule has 0 N–H and O–H groups in total. The van der Waals surface area contributed by atoms with Crippen LogP contribution in [0.25, 0.3) is 0 Å². The predicted octanol–water partition coefficient (Wildman–Crippen LogP) is 4.09. The number of nitrogens with zero attached hydrogens (tertiary/aromatic N) is 1. The summed E-state index contributed by atoms with van der Waals surface area (Å²) in [5, 5.41) is 2.23. The van der Waals surface area contributed by atoms with E-state index in [1.807, 2.05) is 11.9 Å². The molecule has 0 amide bonds. The van der Waals surface area contributed by atoms with Gasteiger partial charge in [-0.15, -0.1) is 0 Å². The van der Waals surface area contributed by atoms with Gasteiger partial charge < -0.3 is 0 Å². The van der Waals surface area contributed by atoms with Gasteiger partial charge in [0.2, 0.25) is 0 Å². The molecule has 2 heteroatoms. The highest BCUT2D eigenvalue weighted by Gasteiger charge is 2.25. The lowest BCUT2D eigenvalue weighted by molar-refractivity contribution is -0.740. The topological polar surface area (TPSA) is 0 Å². The summed E-state index contributed by atoms with van der Waals surface area (Å²) in [6.45, 7) is 7.10. The summed E-state index contributed by atoms with van der Waals surface area (Å²) in [5.41, 5.74) is 0. The molecule has 0 bridgehead atoms. The van der Waals surface area contributed by atoms with Gasteiger partial charge >= 0.3 is 0 Å². The van der Waals surface area contributed by atoms with Gasteiger partial charge in [0.15, 0.2) is 0 Å². The highest BCUT2D eigenvalue weighted by molar-refractivity contribution is 7.96. The van der Waals surface area contributed by atoms with Crippen molar-refractivity contribution in [3.05, 3.63) is 23.8 Å². The molecule has 0 fully saturated rings. The number of allylic oxidation sites excluding steroid dienone is 2. The molecule has 1 aliphatic rings. The summed E-state index contributed by atoms with van der Waals surface area (Å²) < 4.78 is 1.11. The van der Waals surface area contributed by atoms with E-state index in [1.54, 1.807) is 0 Å². The van der Waals surface area contributed by atoms with E-state index < -0.39 is 0 Å². The van der Waals surface area contributed by atoms with E-state index in [0.717, 1.165) is 3.89 Å². The van der Waals surface area contributed by atoms with Gasteiger partial charge in [0, 0.05) is 5.41 Å². The first-order chi connectivity index (χ1) is 6.83. The Morgan fingerprint density at radius 1 is 1.00 bits per heavy atom. The quantitative estimate of drug-likeness (QED) is 0.472. The van der Waals surface area contributed by atoms with Crippen molar-refractivity contribution in [2.45, 2.75) is 39.5 Å². The molecule has 1 heterocycles. The lowest BCUT2D eigenvalue weighted by Crippen LogP contribution is -2.37. The first-order valence-electron chi connectivity index (χ1n) is 5.72. The molecule has 0 saturated carbocycles. The van der Waals surface area contributed by atoms with Crippen LogP contribution in [0.2, 0.25) is 0 Å². The SMILES string of the molecule is CCCC[N+]1(CCCC)C=CC=CS1. The Morgan fingerprint density at radius 3 is 2.07 bits per heavy atom. The lowest BCUT2D eigenvalue weighted by Gasteiger charge is -2.32. The fraction of sp³-hybridized carbons (Fsp3) is 0.667. The van der Waals surface area contributed by atoms with Crippen LogP contribution in [0.4, 0.5) is 0 Å². The second-order valence-electron chi connectivity index (χ2n) is 3.88. The van der Waals surface area contributed by atoms with Crippen LogP contribution >= 0.6 is 11.9 Å². The number of quaternary nitrogens is 1. The fourth-order valence-electron chi connectivity index (χ4n) is 1.66. The molecule has 0 saturated heterocycles. The first-order valence-corrected chi connectivity index (χ1v) is 6.56. The van der Waals surface area contributed by atoms with Gasteiger partial charge in [0.1, 0.15) is 18.1 Å². The molecule has 0 radical (unpaired) electrons. The summed E-state index contributed by atoms with van der Waals surface area (Å²) in [6, 6.07) is 0. The van der Waals surface area contributed by atoms with Crippen molar-refractivity contribution in [2.24, 2.45) is 0 Å². The Labute approximate surface area is 92.6 Å². The van der Waals surface area contributed by atoms with E-state index in [9.17, 15) is 0 Å². The van der Waals surface area contributed by atoms with Crippen LogP contribution < -0.4 is 0 Å². The zero-order chi connectivity index (χ0) is 10.3. The van der Waals surface area contributed by atoms with E-state index in [0.29, 0.717) is 0 Å². The second-order valence-corrected chi connectivity index (χ2v) is 5.09. The second kappa shape index (κ2) is 6.31. The number of hydrogen-bond donors (Lipinski definition) is 0. The van der Waals surface area contributed by atoms with Crippen molar-refractivity contribution in [1.29, 1.82) is 0 Å². The normalized spacial score (nSPS) is 18.7. The average molecular weight is 212 g/mol. The largest absolute Gasteiger partial charge is 0.232 e. The Morgan fingerprint density at radius 2 is 1.64 bits per heavy atom. The Hall–Kier alpha value is -0.210. The third-order valence-electron chi connectivity index (χ3n) is 2.60. The maximum Gasteiger partial charge on any atom is 0.109 e. The monoisotopic (exact) mass is 212 g/mol. The summed E-state index contributed by atoms with van der Waals surface area (Å²) in [7, 11) is 0. The third-order valence-corrected chi connectivity index (χ3v) is 3.78.